The molecule has 0 bridgehead atoms. The minimum atomic E-state index is -4.38. The third kappa shape index (κ3) is 9.06. The average molecular weight is 336 g/mol. The predicted molar refractivity (Wildman–Crippen MR) is 89.5 cm³/mol. The lowest BCUT2D eigenvalue weighted by atomic mass is 9.92. The second-order valence-corrected chi connectivity index (χ2v) is 7.93. The highest BCUT2D eigenvalue weighted by Crippen LogP contribution is 2.51. The Kier molecular flexibility index (Phi) is 10.5. The standard InChI is InChI=1S/C16H33O5P/c1-5-12(3)7-9-14(6-2)16(22(19,20)21)11-15(18)10-8-13(4)17/h11-15,17-18H,5-10H2,1-4H3,(H2,19,20,21). The van der Waals surface area contributed by atoms with E-state index in [9.17, 15) is 24.6 Å². The fourth-order valence-electron chi connectivity index (χ4n) is 2.41. The van der Waals surface area contributed by atoms with Crippen LogP contribution in [0.5, 0.6) is 0 Å². The molecular formula is C16H33O5P. The molecule has 0 spiro atoms. The molecule has 0 fully saturated rings. The summed E-state index contributed by atoms with van der Waals surface area (Å²) in [6.45, 7) is 7.77. The van der Waals surface area contributed by atoms with Crippen molar-refractivity contribution in [3.8, 4) is 0 Å². The Balaban J connectivity index is 5.04. The summed E-state index contributed by atoms with van der Waals surface area (Å²) in [5, 5.41) is 19.3. The molecule has 22 heavy (non-hydrogen) atoms. The van der Waals surface area contributed by atoms with Crippen molar-refractivity contribution < 1.29 is 24.6 Å². The molecule has 0 aromatic carbocycles. The van der Waals surface area contributed by atoms with E-state index in [1.807, 2.05) is 6.92 Å². The second kappa shape index (κ2) is 10.6. The van der Waals surface area contributed by atoms with Crippen LogP contribution in [0.25, 0.3) is 0 Å². The van der Waals surface area contributed by atoms with Crippen LogP contribution >= 0.6 is 7.60 Å². The lowest BCUT2D eigenvalue weighted by Crippen LogP contribution is -2.13. The number of aliphatic hydroxyl groups is 2. The molecule has 0 rings (SSSR count). The molecule has 0 heterocycles. The summed E-state index contributed by atoms with van der Waals surface area (Å²) in [6.07, 6.45) is 3.84. The molecule has 0 amide bonds. The van der Waals surface area contributed by atoms with E-state index in [1.54, 1.807) is 6.92 Å². The zero-order chi connectivity index (χ0) is 17.3. The molecule has 0 aliphatic rings. The van der Waals surface area contributed by atoms with Crippen LogP contribution in [0.3, 0.4) is 0 Å². The number of hydrogen-bond donors (Lipinski definition) is 4. The zero-order valence-corrected chi connectivity index (χ0v) is 15.2. The molecule has 5 nitrogen and oxygen atoms in total. The molecule has 0 aliphatic carbocycles. The van der Waals surface area contributed by atoms with Crippen LogP contribution in [0.15, 0.2) is 11.4 Å². The first-order valence-corrected chi connectivity index (χ1v) is 9.86. The van der Waals surface area contributed by atoms with Crippen molar-refractivity contribution in [3.05, 3.63) is 11.4 Å². The lowest BCUT2D eigenvalue weighted by molar-refractivity contribution is 0.145. The summed E-state index contributed by atoms with van der Waals surface area (Å²) in [5.74, 6) is 0.309. The van der Waals surface area contributed by atoms with Crippen molar-refractivity contribution in [2.45, 2.75) is 78.4 Å². The van der Waals surface area contributed by atoms with Gasteiger partial charge in [0.25, 0.3) is 0 Å². The van der Waals surface area contributed by atoms with Crippen LogP contribution in [0, 0.1) is 11.8 Å². The van der Waals surface area contributed by atoms with Gasteiger partial charge in [-0.2, -0.15) is 0 Å². The van der Waals surface area contributed by atoms with E-state index in [4.69, 9.17) is 0 Å². The third-order valence-corrected chi connectivity index (χ3v) is 5.38. The van der Waals surface area contributed by atoms with E-state index in [1.165, 1.54) is 6.08 Å². The molecular weight excluding hydrogens is 303 g/mol. The fraction of sp³-hybridized carbons (Fsp3) is 0.875. The molecule has 0 aliphatic heterocycles. The normalized spacial score (nSPS) is 18.8. The van der Waals surface area contributed by atoms with Gasteiger partial charge in [-0.15, -0.1) is 0 Å². The summed E-state index contributed by atoms with van der Waals surface area (Å²) >= 11 is 0. The molecule has 0 aromatic rings. The Labute approximate surface area is 134 Å². The van der Waals surface area contributed by atoms with Crippen molar-refractivity contribution in [1.29, 1.82) is 0 Å². The average Bonchev–Trinajstić information content (AvgIpc) is 2.42. The smallest absolute Gasteiger partial charge is 0.352 e. The van der Waals surface area contributed by atoms with E-state index in [2.05, 4.69) is 13.8 Å². The van der Waals surface area contributed by atoms with E-state index in [0.29, 0.717) is 31.6 Å². The van der Waals surface area contributed by atoms with Gasteiger partial charge in [0.2, 0.25) is 0 Å². The van der Waals surface area contributed by atoms with E-state index < -0.39 is 19.8 Å². The molecule has 0 saturated heterocycles. The molecule has 0 radical (unpaired) electrons. The van der Waals surface area contributed by atoms with Crippen molar-refractivity contribution in [2.75, 3.05) is 0 Å². The van der Waals surface area contributed by atoms with Gasteiger partial charge >= 0.3 is 7.60 Å². The molecule has 6 heteroatoms. The van der Waals surface area contributed by atoms with Crippen LogP contribution in [-0.2, 0) is 4.57 Å². The van der Waals surface area contributed by atoms with Crippen molar-refractivity contribution in [2.24, 2.45) is 11.8 Å². The van der Waals surface area contributed by atoms with E-state index in [0.717, 1.165) is 12.8 Å². The maximum Gasteiger partial charge on any atom is 0.352 e. The highest BCUT2D eigenvalue weighted by Gasteiger charge is 2.29. The maximum atomic E-state index is 11.8. The van der Waals surface area contributed by atoms with Gasteiger partial charge < -0.3 is 20.0 Å². The Morgan fingerprint density at radius 3 is 2.00 bits per heavy atom. The van der Waals surface area contributed by atoms with Gasteiger partial charge in [-0.05, 0) is 50.5 Å². The minimum absolute atomic E-state index is 0.0522. The summed E-state index contributed by atoms with van der Waals surface area (Å²) in [5.41, 5.74) is 0. The molecule has 4 atom stereocenters. The third-order valence-electron chi connectivity index (χ3n) is 4.20. The van der Waals surface area contributed by atoms with Crippen LogP contribution in [-0.4, -0.2) is 32.2 Å². The van der Waals surface area contributed by atoms with Crippen LogP contribution < -0.4 is 0 Å². The summed E-state index contributed by atoms with van der Waals surface area (Å²) in [7, 11) is -4.38. The van der Waals surface area contributed by atoms with Gasteiger partial charge in [-0.3, -0.25) is 4.57 Å². The quantitative estimate of drug-likeness (QED) is 0.433. The number of aliphatic hydroxyl groups excluding tert-OH is 2. The monoisotopic (exact) mass is 336 g/mol. The Morgan fingerprint density at radius 2 is 1.59 bits per heavy atom. The Hall–Kier alpha value is -0.190. The first-order valence-electron chi connectivity index (χ1n) is 8.25. The molecule has 4 unspecified atom stereocenters. The second-order valence-electron chi connectivity index (χ2n) is 6.33. The van der Waals surface area contributed by atoms with Gasteiger partial charge in [-0.1, -0.05) is 33.6 Å². The molecule has 132 valence electrons. The minimum Gasteiger partial charge on any atom is -0.393 e. The summed E-state index contributed by atoms with van der Waals surface area (Å²) < 4.78 is 11.8. The molecule has 0 aromatic heterocycles. The highest BCUT2D eigenvalue weighted by atomic mass is 31.2. The van der Waals surface area contributed by atoms with Crippen LogP contribution in [0.2, 0.25) is 0 Å². The maximum absolute atomic E-state index is 11.8. The largest absolute Gasteiger partial charge is 0.393 e. The van der Waals surface area contributed by atoms with Crippen molar-refractivity contribution in [3.63, 3.8) is 0 Å². The molecule has 4 N–H and O–H groups in total. The number of allylic oxidation sites excluding steroid dienone is 1. The SMILES string of the molecule is CCC(C)CCC(CC)C(=CC(O)CCC(C)O)P(=O)(O)O. The first-order chi connectivity index (χ1) is 10.1. The van der Waals surface area contributed by atoms with Crippen molar-refractivity contribution >= 4 is 7.60 Å². The van der Waals surface area contributed by atoms with Gasteiger partial charge in [-0.25, -0.2) is 0 Å². The first kappa shape index (κ1) is 21.8. The number of hydrogen-bond acceptors (Lipinski definition) is 3. The fourth-order valence-corrected chi connectivity index (χ4v) is 3.57. The van der Waals surface area contributed by atoms with Gasteiger partial charge in [0, 0.05) is 5.31 Å². The lowest BCUT2D eigenvalue weighted by Gasteiger charge is -2.22. The van der Waals surface area contributed by atoms with Gasteiger partial charge in [0.05, 0.1) is 12.2 Å². The van der Waals surface area contributed by atoms with Crippen molar-refractivity contribution in [1.82, 2.24) is 0 Å². The van der Waals surface area contributed by atoms with Crippen LogP contribution in [0.4, 0.5) is 0 Å². The summed E-state index contributed by atoms with van der Waals surface area (Å²) in [6, 6.07) is 0. The molecule has 0 saturated carbocycles. The Morgan fingerprint density at radius 1 is 1.00 bits per heavy atom. The zero-order valence-electron chi connectivity index (χ0n) is 14.3. The van der Waals surface area contributed by atoms with Gasteiger partial charge in [0.1, 0.15) is 0 Å². The summed E-state index contributed by atoms with van der Waals surface area (Å²) in [4.78, 5) is 19.2. The number of rotatable bonds is 11. The van der Waals surface area contributed by atoms with E-state index in [-0.39, 0.29) is 11.2 Å². The Bertz CT molecular complexity index is 375. The van der Waals surface area contributed by atoms with Gasteiger partial charge in [0.15, 0.2) is 0 Å². The van der Waals surface area contributed by atoms with Crippen LogP contribution in [0.1, 0.15) is 66.2 Å². The predicted octanol–water partition coefficient (Wildman–Crippen LogP) is 3.42. The highest BCUT2D eigenvalue weighted by molar-refractivity contribution is 7.56. The topological polar surface area (TPSA) is 98.0 Å². The van der Waals surface area contributed by atoms with E-state index >= 15 is 0 Å².